The predicted octanol–water partition coefficient (Wildman–Crippen LogP) is 5.59. The fraction of sp³-hybridized carbons (Fsp3) is 0.458. The maximum Gasteiger partial charge on any atom is 0.141 e. The van der Waals surface area contributed by atoms with Gasteiger partial charge in [0.05, 0.1) is 17.7 Å². The summed E-state index contributed by atoms with van der Waals surface area (Å²) in [5.74, 6) is 1.56. The smallest absolute Gasteiger partial charge is 0.141 e. The summed E-state index contributed by atoms with van der Waals surface area (Å²) in [4.78, 5) is 7.44. The number of hydrogen-bond donors (Lipinski definition) is 4. The third-order valence-electron chi connectivity index (χ3n) is 7.34. The zero-order chi connectivity index (χ0) is 21.3. The Labute approximate surface area is 181 Å². The first-order chi connectivity index (χ1) is 15.2. The lowest BCUT2D eigenvalue weighted by atomic mass is 9.71. The van der Waals surface area contributed by atoms with E-state index in [1.165, 1.54) is 12.0 Å². The van der Waals surface area contributed by atoms with Crippen molar-refractivity contribution in [3.63, 3.8) is 0 Å². The third-order valence-corrected chi connectivity index (χ3v) is 7.34. The van der Waals surface area contributed by atoms with Gasteiger partial charge in [0, 0.05) is 23.2 Å². The quantitative estimate of drug-likeness (QED) is 0.459. The maximum absolute atomic E-state index is 13.3. The minimum Gasteiger partial charge on any atom is -0.346 e. The van der Waals surface area contributed by atoms with Gasteiger partial charge < -0.3 is 15.6 Å². The SMILES string of the molecule is N=N/C(=C1\NC=Nc2[nH]ccc21)[C@H]1CC[C@H](CNC2(c3ccc(F)cc3)CCC2)CC1. The van der Waals surface area contributed by atoms with Gasteiger partial charge in [-0.15, -0.1) is 0 Å². The van der Waals surface area contributed by atoms with Crippen molar-refractivity contribution in [3.8, 4) is 0 Å². The predicted molar refractivity (Wildman–Crippen MR) is 120 cm³/mol. The highest BCUT2D eigenvalue weighted by Gasteiger charge is 2.39. The van der Waals surface area contributed by atoms with Crippen molar-refractivity contribution in [1.82, 2.24) is 15.6 Å². The van der Waals surface area contributed by atoms with E-state index in [0.717, 1.165) is 67.8 Å². The molecule has 0 amide bonds. The summed E-state index contributed by atoms with van der Waals surface area (Å²) in [6.45, 7) is 0.987. The molecule has 1 aromatic heterocycles. The van der Waals surface area contributed by atoms with Gasteiger partial charge >= 0.3 is 0 Å². The van der Waals surface area contributed by atoms with E-state index in [4.69, 9.17) is 5.53 Å². The fourth-order valence-electron chi connectivity index (χ4n) is 5.32. The summed E-state index contributed by atoms with van der Waals surface area (Å²) >= 11 is 0. The van der Waals surface area contributed by atoms with E-state index in [1.54, 1.807) is 18.5 Å². The standard InChI is InChI=1S/C24H29FN6/c25-19-8-6-18(7-9-19)24(11-1-12-24)30-14-16-2-4-17(5-3-16)21(31-26)22-20-10-13-27-23(20)29-15-28-22/h6-10,13,15-17,26-27,30H,1-5,11-12,14H2,(H,28,29)/b22-21-,31-26?/t16-,17-. The molecule has 1 aromatic carbocycles. The first-order valence-electron chi connectivity index (χ1n) is 11.3. The van der Waals surface area contributed by atoms with Gasteiger partial charge in [0.1, 0.15) is 11.6 Å². The van der Waals surface area contributed by atoms with Crippen LogP contribution in [0.5, 0.6) is 0 Å². The molecule has 2 saturated carbocycles. The number of allylic oxidation sites excluding steroid dienone is 1. The van der Waals surface area contributed by atoms with Gasteiger partial charge in [0.25, 0.3) is 0 Å². The molecule has 2 fully saturated rings. The molecule has 0 spiro atoms. The summed E-state index contributed by atoms with van der Waals surface area (Å²) in [5, 5.41) is 11.0. The van der Waals surface area contributed by atoms with Gasteiger partial charge in [-0.2, -0.15) is 5.11 Å². The van der Waals surface area contributed by atoms with E-state index in [-0.39, 0.29) is 11.4 Å². The van der Waals surface area contributed by atoms with Crippen LogP contribution in [0.3, 0.4) is 0 Å². The highest BCUT2D eigenvalue weighted by atomic mass is 19.1. The van der Waals surface area contributed by atoms with E-state index < -0.39 is 0 Å². The van der Waals surface area contributed by atoms with Gasteiger partial charge in [0.15, 0.2) is 0 Å². The van der Waals surface area contributed by atoms with Crippen LogP contribution in [0, 0.1) is 23.2 Å². The minimum absolute atomic E-state index is 0.0181. The van der Waals surface area contributed by atoms with E-state index in [0.29, 0.717) is 11.8 Å². The molecule has 5 rings (SSSR count). The van der Waals surface area contributed by atoms with Crippen LogP contribution < -0.4 is 10.6 Å². The monoisotopic (exact) mass is 420 g/mol. The highest BCUT2D eigenvalue weighted by Crippen LogP contribution is 2.43. The lowest BCUT2D eigenvalue weighted by Crippen LogP contribution is -2.50. The number of aromatic amines is 1. The topological polar surface area (TPSA) is 88.4 Å². The van der Waals surface area contributed by atoms with Gasteiger partial charge in [-0.25, -0.2) is 14.9 Å². The van der Waals surface area contributed by atoms with E-state index >= 15 is 0 Å². The molecule has 2 heterocycles. The summed E-state index contributed by atoms with van der Waals surface area (Å²) in [5.41, 5.74) is 11.8. The lowest BCUT2D eigenvalue weighted by Gasteiger charge is -2.45. The van der Waals surface area contributed by atoms with Crippen molar-refractivity contribution >= 4 is 17.9 Å². The number of aliphatic imine (C=N–C) groups is 1. The van der Waals surface area contributed by atoms with Crippen LogP contribution in [0.4, 0.5) is 10.2 Å². The molecule has 2 aromatic rings. The largest absolute Gasteiger partial charge is 0.346 e. The zero-order valence-electron chi connectivity index (χ0n) is 17.6. The van der Waals surface area contributed by atoms with E-state index in [2.05, 4.69) is 25.7 Å². The van der Waals surface area contributed by atoms with Crippen molar-refractivity contribution in [2.45, 2.75) is 50.5 Å². The normalized spacial score (nSPS) is 25.8. The first-order valence-corrected chi connectivity index (χ1v) is 11.3. The van der Waals surface area contributed by atoms with Crippen molar-refractivity contribution in [3.05, 3.63) is 59.2 Å². The Bertz CT molecular complexity index is 993. The molecule has 162 valence electrons. The summed E-state index contributed by atoms with van der Waals surface area (Å²) < 4.78 is 13.3. The van der Waals surface area contributed by atoms with Gasteiger partial charge in [-0.3, -0.25) is 0 Å². The van der Waals surface area contributed by atoms with E-state index in [1.807, 2.05) is 24.4 Å². The molecule has 7 heteroatoms. The highest BCUT2D eigenvalue weighted by molar-refractivity contribution is 5.87. The second kappa shape index (κ2) is 8.38. The molecule has 1 aliphatic heterocycles. The number of benzene rings is 1. The second-order valence-corrected chi connectivity index (χ2v) is 9.06. The molecular weight excluding hydrogens is 391 g/mol. The van der Waals surface area contributed by atoms with Crippen LogP contribution in [0.25, 0.3) is 5.70 Å². The Hall–Kier alpha value is -2.80. The fourth-order valence-corrected chi connectivity index (χ4v) is 5.32. The van der Waals surface area contributed by atoms with Crippen LogP contribution >= 0.6 is 0 Å². The van der Waals surface area contributed by atoms with Crippen LogP contribution in [0.15, 0.2) is 52.3 Å². The molecule has 3 aliphatic rings. The molecule has 0 radical (unpaired) electrons. The minimum atomic E-state index is -0.174. The van der Waals surface area contributed by atoms with Crippen LogP contribution in [0.1, 0.15) is 56.1 Å². The Morgan fingerprint density at radius 1 is 1.16 bits per heavy atom. The van der Waals surface area contributed by atoms with E-state index in [9.17, 15) is 4.39 Å². The summed E-state index contributed by atoms with van der Waals surface area (Å²) in [6, 6.07) is 9.00. The van der Waals surface area contributed by atoms with Crippen molar-refractivity contribution in [2.24, 2.45) is 21.9 Å². The van der Waals surface area contributed by atoms with Gasteiger partial charge in [-0.1, -0.05) is 12.1 Å². The molecule has 6 nitrogen and oxygen atoms in total. The van der Waals surface area contributed by atoms with Crippen molar-refractivity contribution < 1.29 is 4.39 Å². The van der Waals surface area contributed by atoms with Crippen LogP contribution in [-0.4, -0.2) is 17.9 Å². The molecule has 0 bridgehead atoms. The lowest BCUT2D eigenvalue weighted by molar-refractivity contribution is 0.163. The average molecular weight is 421 g/mol. The zero-order valence-corrected chi connectivity index (χ0v) is 17.6. The van der Waals surface area contributed by atoms with Crippen molar-refractivity contribution in [1.29, 1.82) is 5.53 Å². The van der Waals surface area contributed by atoms with Crippen LogP contribution in [-0.2, 0) is 5.54 Å². The number of aromatic nitrogens is 1. The number of nitrogens with one attached hydrogen (secondary N) is 4. The van der Waals surface area contributed by atoms with Crippen molar-refractivity contribution in [2.75, 3.05) is 6.54 Å². The molecule has 2 aliphatic carbocycles. The molecule has 4 N–H and O–H groups in total. The Balaban J connectivity index is 1.22. The maximum atomic E-state index is 13.3. The van der Waals surface area contributed by atoms with Gasteiger partial charge in [0.2, 0.25) is 0 Å². The Morgan fingerprint density at radius 3 is 2.61 bits per heavy atom. The summed E-state index contributed by atoms with van der Waals surface area (Å²) in [7, 11) is 0. The third kappa shape index (κ3) is 3.82. The van der Waals surface area contributed by atoms with Crippen LogP contribution in [0.2, 0.25) is 0 Å². The molecule has 0 saturated heterocycles. The average Bonchev–Trinajstić information content (AvgIpc) is 3.25. The number of H-pyrrole nitrogens is 1. The number of hydrogen-bond acceptors (Lipinski definition) is 5. The number of halogens is 1. The summed E-state index contributed by atoms with van der Waals surface area (Å²) in [6.07, 6.45) is 11.3. The second-order valence-electron chi connectivity index (χ2n) is 9.06. The molecule has 31 heavy (non-hydrogen) atoms. The number of rotatable bonds is 6. The Morgan fingerprint density at radius 2 is 1.94 bits per heavy atom. The first kappa shape index (κ1) is 20.1. The number of nitrogens with zero attached hydrogens (tertiary/aromatic N) is 2. The number of fused-ring (bicyclic) bond motifs is 1. The molecule has 0 unspecified atom stereocenters. The molecular formula is C24H29FN6. The van der Waals surface area contributed by atoms with Gasteiger partial charge in [-0.05, 0) is 81.2 Å². The Kier molecular flexibility index (Phi) is 5.44. The molecule has 0 atom stereocenters.